The molecule has 0 fully saturated rings. The summed E-state index contributed by atoms with van der Waals surface area (Å²) >= 11 is 17.6. The van der Waals surface area contributed by atoms with Crippen LogP contribution in [-0.4, -0.2) is 34.5 Å². The van der Waals surface area contributed by atoms with E-state index in [1.54, 1.807) is 0 Å². The maximum atomic E-state index is 5.87. The van der Waals surface area contributed by atoms with Gasteiger partial charge < -0.3 is 9.88 Å². The van der Waals surface area contributed by atoms with Gasteiger partial charge >= 0.3 is 0 Å². The second kappa shape index (κ2) is 7.87. The van der Waals surface area contributed by atoms with Crippen molar-refractivity contribution in [1.82, 2.24) is 14.9 Å². The molecular weight excluding hydrogens is 341 g/mol. The number of alkyl halides is 3. The van der Waals surface area contributed by atoms with Crippen LogP contribution >= 0.6 is 34.8 Å². The number of hydrogen-bond donors (Lipinski definition) is 1. The van der Waals surface area contributed by atoms with Gasteiger partial charge in [-0.25, -0.2) is 4.98 Å². The van der Waals surface area contributed by atoms with Crippen LogP contribution in [0.4, 0.5) is 0 Å². The number of imidazole rings is 1. The monoisotopic (exact) mass is 361 g/mol. The van der Waals surface area contributed by atoms with E-state index >= 15 is 0 Å². The Morgan fingerprint density at radius 3 is 2.36 bits per heavy atom. The summed E-state index contributed by atoms with van der Waals surface area (Å²) in [6, 6.07) is 6.17. The van der Waals surface area contributed by atoms with Crippen molar-refractivity contribution in [2.75, 3.05) is 19.6 Å². The highest BCUT2D eigenvalue weighted by Crippen LogP contribution is 2.37. The van der Waals surface area contributed by atoms with E-state index in [0.29, 0.717) is 5.82 Å². The van der Waals surface area contributed by atoms with Gasteiger partial charge in [-0.2, -0.15) is 0 Å². The van der Waals surface area contributed by atoms with Crippen LogP contribution in [0.15, 0.2) is 18.2 Å². The Labute approximate surface area is 146 Å². The van der Waals surface area contributed by atoms with E-state index in [1.807, 2.05) is 6.07 Å². The van der Waals surface area contributed by atoms with Gasteiger partial charge in [0.1, 0.15) is 0 Å². The number of rotatable bonds is 7. The summed E-state index contributed by atoms with van der Waals surface area (Å²) in [5.41, 5.74) is 3.00. The first-order valence-electron chi connectivity index (χ1n) is 7.72. The average molecular weight is 363 g/mol. The molecule has 2 rings (SSSR count). The quantitative estimate of drug-likeness (QED) is 0.699. The number of nitrogens with zero attached hydrogens (tertiary/aromatic N) is 2. The Hall–Kier alpha value is -0.480. The summed E-state index contributed by atoms with van der Waals surface area (Å²) < 4.78 is -1.52. The summed E-state index contributed by atoms with van der Waals surface area (Å²) in [5.74, 6) is 0.364. The van der Waals surface area contributed by atoms with Crippen molar-refractivity contribution >= 4 is 45.8 Å². The molecule has 0 aliphatic rings. The molecule has 3 nitrogen and oxygen atoms in total. The van der Waals surface area contributed by atoms with Crippen LogP contribution in [0.2, 0.25) is 0 Å². The fourth-order valence-corrected chi connectivity index (χ4v) is 2.87. The third-order valence-corrected chi connectivity index (χ3v) is 4.15. The molecule has 0 atom stereocenters. The Kier molecular flexibility index (Phi) is 6.39. The lowest BCUT2D eigenvalue weighted by atomic mass is 10.1. The normalized spacial score (nSPS) is 12.5. The van der Waals surface area contributed by atoms with Gasteiger partial charge in [-0.05, 0) is 50.0 Å². The third-order valence-electron chi connectivity index (χ3n) is 3.61. The molecule has 6 heteroatoms. The molecule has 0 aliphatic heterocycles. The fourth-order valence-electron chi connectivity index (χ4n) is 2.60. The zero-order valence-electron chi connectivity index (χ0n) is 13.0. The molecule has 0 radical (unpaired) electrons. The van der Waals surface area contributed by atoms with Crippen LogP contribution in [0.1, 0.15) is 38.1 Å². The van der Waals surface area contributed by atoms with E-state index in [1.165, 1.54) is 18.4 Å². The minimum Gasteiger partial charge on any atom is -0.338 e. The molecule has 1 heterocycles. The Balaban J connectivity index is 2.09. The lowest BCUT2D eigenvalue weighted by Crippen LogP contribution is -2.27. The predicted molar refractivity (Wildman–Crippen MR) is 96.1 cm³/mol. The number of fused-ring (bicyclic) bond motifs is 1. The number of benzene rings is 1. The Morgan fingerprint density at radius 1 is 1.09 bits per heavy atom. The Morgan fingerprint density at radius 2 is 1.77 bits per heavy atom. The molecule has 0 amide bonds. The fraction of sp³-hybridized carbons (Fsp3) is 0.562. The minimum atomic E-state index is -1.52. The van der Waals surface area contributed by atoms with Gasteiger partial charge in [0.25, 0.3) is 0 Å². The summed E-state index contributed by atoms with van der Waals surface area (Å²) in [5, 5.41) is 0. The smallest absolute Gasteiger partial charge is 0.248 e. The SMILES string of the molecule is CCCN(CCC)CCc1ccc2nc(C(Cl)(Cl)Cl)[nH]c2c1. The first-order valence-corrected chi connectivity index (χ1v) is 8.85. The molecular formula is C16H22Cl3N3. The van der Waals surface area contributed by atoms with Crippen molar-refractivity contribution in [1.29, 1.82) is 0 Å². The van der Waals surface area contributed by atoms with Crippen LogP contribution in [-0.2, 0) is 10.2 Å². The molecule has 2 aromatic rings. The summed E-state index contributed by atoms with van der Waals surface area (Å²) in [6.45, 7) is 7.81. The lowest BCUT2D eigenvalue weighted by Gasteiger charge is -2.20. The van der Waals surface area contributed by atoms with E-state index < -0.39 is 3.79 Å². The molecule has 22 heavy (non-hydrogen) atoms. The molecule has 1 aromatic carbocycles. The molecule has 0 bridgehead atoms. The molecule has 0 unspecified atom stereocenters. The van der Waals surface area contributed by atoms with Gasteiger partial charge in [-0.15, -0.1) is 0 Å². The zero-order chi connectivity index (χ0) is 16.2. The van der Waals surface area contributed by atoms with Crippen LogP contribution in [0, 0.1) is 0 Å². The Bertz CT molecular complexity index is 598. The van der Waals surface area contributed by atoms with Gasteiger partial charge in [0.15, 0.2) is 5.82 Å². The van der Waals surface area contributed by atoms with Gasteiger partial charge in [0.2, 0.25) is 3.79 Å². The highest BCUT2D eigenvalue weighted by Gasteiger charge is 2.26. The molecule has 0 saturated heterocycles. The topological polar surface area (TPSA) is 31.9 Å². The van der Waals surface area contributed by atoms with E-state index in [2.05, 4.69) is 40.8 Å². The van der Waals surface area contributed by atoms with Crippen molar-refractivity contribution in [3.05, 3.63) is 29.6 Å². The van der Waals surface area contributed by atoms with Crippen LogP contribution < -0.4 is 0 Å². The third kappa shape index (κ3) is 4.76. The van der Waals surface area contributed by atoms with E-state index in [9.17, 15) is 0 Å². The maximum absolute atomic E-state index is 5.87. The minimum absolute atomic E-state index is 0.364. The average Bonchev–Trinajstić information content (AvgIpc) is 2.88. The number of nitrogens with one attached hydrogen (secondary N) is 1. The molecule has 1 aromatic heterocycles. The number of H-pyrrole nitrogens is 1. The summed E-state index contributed by atoms with van der Waals surface area (Å²) in [6.07, 6.45) is 3.39. The maximum Gasteiger partial charge on any atom is 0.248 e. The van der Waals surface area contributed by atoms with Gasteiger partial charge in [-0.1, -0.05) is 54.7 Å². The summed E-state index contributed by atoms with van der Waals surface area (Å²) in [7, 11) is 0. The highest BCUT2D eigenvalue weighted by atomic mass is 35.6. The second-order valence-corrected chi connectivity index (χ2v) is 7.81. The van der Waals surface area contributed by atoms with Crippen molar-refractivity contribution in [3.63, 3.8) is 0 Å². The molecule has 0 aliphatic carbocycles. The molecule has 122 valence electrons. The molecule has 1 N–H and O–H groups in total. The van der Waals surface area contributed by atoms with E-state index in [-0.39, 0.29) is 0 Å². The first-order chi connectivity index (χ1) is 10.4. The van der Waals surface area contributed by atoms with Gasteiger partial charge in [0.05, 0.1) is 11.0 Å². The number of halogens is 3. The molecule has 0 saturated carbocycles. The predicted octanol–water partition coefficient (Wildman–Crippen LogP) is 5.05. The van der Waals surface area contributed by atoms with Gasteiger partial charge in [-0.3, -0.25) is 0 Å². The lowest BCUT2D eigenvalue weighted by molar-refractivity contribution is 0.278. The standard InChI is InChI=1S/C16H22Cl3N3/c1-3-8-22(9-4-2)10-7-12-5-6-13-14(11-12)21-15(20-13)16(17,18)19/h5-6,11H,3-4,7-10H2,1-2H3,(H,20,21). The number of aromatic nitrogens is 2. The van der Waals surface area contributed by atoms with Crippen molar-refractivity contribution in [3.8, 4) is 0 Å². The zero-order valence-corrected chi connectivity index (χ0v) is 15.3. The van der Waals surface area contributed by atoms with Crippen molar-refractivity contribution in [2.24, 2.45) is 0 Å². The summed E-state index contributed by atoms with van der Waals surface area (Å²) in [4.78, 5) is 9.91. The highest BCUT2D eigenvalue weighted by molar-refractivity contribution is 6.66. The van der Waals surface area contributed by atoms with Crippen LogP contribution in [0.3, 0.4) is 0 Å². The van der Waals surface area contributed by atoms with Crippen molar-refractivity contribution in [2.45, 2.75) is 36.9 Å². The number of aromatic amines is 1. The van der Waals surface area contributed by atoms with E-state index in [4.69, 9.17) is 34.8 Å². The van der Waals surface area contributed by atoms with Crippen molar-refractivity contribution < 1.29 is 0 Å². The largest absolute Gasteiger partial charge is 0.338 e. The molecule has 0 spiro atoms. The van der Waals surface area contributed by atoms with Gasteiger partial charge in [0, 0.05) is 6.54 Å². The number of hydrogen-bond acceptors (Lipinski definition) is 2. The van der Waals surface area contributed by atoms with E-state index in [0.717, 1.165) is 37.1 Å². The van der Waals surface area contributed by atoms with Crippen LogP contribution in [0.5, 0.6) is 0 Å². The van der Waals surface area contributed by atoms with Crippen LogP contribution in [0.25, 0.3) is 11.0 Å². The second-order valence-electron chi connectivity index (χ2n) is 5.53. The first kappa shape index (κ1) is 17.9.